The fraction of sp³-hybridized carbons (Fsp3) is 0.300. The van der Waals surface area contributed by atoms with Crippen LogP contribution < -0.4 is 0 Å². The number of fused-ring (bicyclic) bond motifs is 3. The molecule has 2 aliphatic rings. The maximum absolute atomic E-state index is 12.4. The van der Waals surface area contributed by atoms with Gasteiger partial charge in [-0.3, -0.25) is 4.90 Å². The molecule has 1 heterocycles. The molecule has 2 aromatic rings. The van der Waals surface area contributed by atoms with E-state index in [1.165, 1.54) is 16.0 Å². The van der Waals surface area contributed by atoms with Gasteiger partial charge in [-0.2, -0.15) is 0 Å². The van der Waals surface area contributed by atoms with Crippen LogP contribution in [0.4, 0.5) is 4.79 Å². The number of likely N-dealkylation sites (tertiary alicyclic amines) is 1. The Morgan fingerprint density at radius 3 is 2.19 bits per heavy atom. The van der Waals surface area contributed by atoms with E-state index in [2.05, 4.69) is 24.3 Å². The van der Waals surface area contributed by atoms with E-state index in [-0.39, 0.29) is 18.0 Å². The van der Waals surface area contributed by atoms with Gasteiger partial charge in [-0.15, -0.1) is 0 Å². The molecule has 6 nitrogen and oxygen atoms in total. The Morgan fingerprint density at radius 1 is 1.04 bits per heavy atom. The number of ether oxygens (including phenoxy) is 1. The Kier molecular flexibility index (Phi) is 4.95. The van der Waals surface area contributed by atoms with Crippen molar-refractivity contribution in [1.29, 1.82) is 0 Å². The summed E-state index contributed by atoms with van der Waals surface area (Å²) in [5, 5.41) is 9.22. The number of aliphatic carboxylic acids is 1. The lowest BCUT2D eigenvalue weighted by Gasteiger charge is -2.22. The van der Waals surface area contributed by atoms with Crippen LogP contribution in [0.25, 0.3) is 11.1 Å². The third-order valence-electron chi connectivity index (χ3n) is 5.11. The highest BCUT2D eigenvalue weighted by Crippen LogP contribution is 2.44. The van der Waals surface area contributed by atoms with E-state index < -0.39 is 18.1 Å². The lowest BCUT2D eigenvalue weighted by molar-refractivity contribution is -0.141. The van der Waals surface area contributed by atoms with Crippen LogP contribution >= 0.6 is 0 Å². The van der Waals surface area contributed by atoms with Crippen molar-refractivity contribution in [3.63, 3.8) is 0 Å². The number of nitrogens with zero attached hydrogens (tertiary/aromatic N) is 1. The first-order valence-corrected chi connectivity index (χ1v) is 8.51. The molecule has 0 saturated carbocycles. The molecule has 3 N–H and O–H groups in total. The van der Waals surface area contributed by atoms with Crippen LogP contribution in [0.3, 0.4) is 0 Å². The molecule has 1 saturated heterocycles. The van der Waals surface area contributed by atoms with Gasteiger partial charge in [0.25, 0.3) is 0 Å². The number of rotatable bonds is 3. The van der Waals surface area contributed by atoms with Crippen molar-refractivity contribution in [3.8, 4) is 11.1 Å². The van der Waals surface area contributed by atoms with Gasteiger partial charge >= 0.3 is 12.1 Å². The van der Waals surface area contributed by atoms with Gasteiger partial charge in [-0.05, 0) is 35.1 Å². The molecule has 1 unspecified atom stereocenters. The van der Waals surface area contributed by atoms with Gasteiger partial charge in [-0.25, -0.2) is 9.59 Å². The van der Waals surface area contributed by atoms with E-state index in [0.29, 0.717) is 19.4 Å². The number of hydrogen-bond acceptors (Lipinski definition) is 3. The summed E-state index contributed by atoms with van der Waals surface area (Å²) < 4.78 is 5.53. The molecule has 1 fully saturated rings. The Morgan fingerprint density at radius 2 is 1.62 bits per heavy atom. The third kappa shape index (κ3) is 2.93. The van der Waals surface area contributed by atoms with Gasteiger partial charge in [0.2, 0.25) is 0 Å². The van der Waals surface area contributed by atoms with Crippen LogP contribution in [-0.2, 0) is 9.53 Å². The fourth-order valence-corrected chi connectivity index (χ4v) is 3.92. The first kappa shape index (κ1) is 17.9. The lowest BCUT2D eigenvalue weighted by atomic mass is 9.98. The van der Waals surface area contributed by atoms with Crippen molar-refractivity contribution >= 4 is 12.1 Å². The molecule has 1 amide bonds. The summed E-state index contributed by atoms with van der Waals surface area (Å²) in [7, 11) is 0. The molecule has 1 aliphatic heterocycles. The number of benzene rings is 2. The van der Waals surface area contributed by atoms with Gasteiger partial charge in [-0.1, -0.05) is 48.5 Å². The summed E-state index contributed by atoms with van der Waals surface area (Å²) >= 11 is 0. The molecule has 26 heavy (non-hydrogen) atoms. The molecule has 0 spiro atoms. The molecule has 1 aliphatic carbocycles. The second-order valence-electron chi connectivity index (χ2n) is 6.49. The van der Waals surface area contributed by atoms with Crippen molar-refractivity contribution in [2.75, 3.05) is 13.2 Å². The summed E-state index contributed by atoms with van der Waals surface area (Å²) in [4.78, 5) is 25.0. The van der Waals surface area contributed by atoms with E-state index in [1.54, 1.807) is 0 Å². The lowest BCUT2D eigenvalue weighted by Crippen LogP contribution is -2.41. The number of carbonyl (C=O) groups is 2. The van der Waals surface area contributed by atoms with E-state index in [4.69, 9.17) is 4.74 Å². The van der Waals surface area contributed by atoms with Gasteiger partial charge in [0.05, 0.1) is 0 Å². The van der Waals surface area contributed by atoms with E-state index in [9.17, 15) is 14.7 Å². The first-order chi connectivity index (χ1) is 12.2. The number of carbonyl (C=O) groups excluding carboxylic acids is 1. The van der Waals surface area contributed by atoms with Crippen molar-refractivity contribution < 1.29 is 24.9 Å². The maximum atomic E-state index is 12.4. The van der Waals surface area contributed by atoms with E-state index >= 15 is 0 Å². The minimum atomic E-state index is -0.967. The molecular weight excluding hydrogens is 334 g/mol. The average Bonchev–Trinajstić information content (AvgIpc) is 3.23. The molecule has 0 bridgehead atoms. The van der Waals surface area contributed by atoms with Gasteiger partial charge in [0.15, 0.2) is 0 Å². The van der Waals surface area contributed by atoms with Crippen LogP contribution in [0, 0.1) is 0 Å². The normalized spacial score (nSPS) is 18.0. The minimum absolute atomic E-state index is 0. The molecule has 1 atom stereocenters. The van der Waals surface area contributed by atoms with Crippen molar-refractivity contribution in [2.45, 2.75) is 24.8 Å². The first-order valence-electron chi connectivity index (χ1n) is 8.51. The summed E-state index contributed by atoms with van der Waals surface area (Å²) in [6, 6.07) is 15.5. The smallest absolute Gasteiger partial charge is 0.410 e. The zero-order chi connectivity index (χ0) is 17.4. The highest BCUT2D eigenvalue weighted by atomic mass is 16.6. The number of carboxylic acid groups (broad SMARTS) is 1. The van der Waals surface area contributed by atoms with Crippen LogP contribution in [0.5, 0.6) is 0 Å². The monoisotopic (exact) mass is 355 g/mol. The summed E-state index contributed by atoms with van der Waals surface area (Å²) in [5.74, 6) is -0.978. The number of amides is 1. The Bertz CT molecular complexity index is 789. The maximum Gasteiger partial charge on any atom is 0.410 e. The quantitative estimate of drug-likeness (QED) is 0.915. The van der Waals surface area contributed by atoms with E-state index in [1.807, 2.05) is 24.3 Å². The number of carboxylic acids is 1. The molecule has 0 radical (unpaired) electrons. The van der Waals surface area contributed by atoms with Crippen LogP contribution in [0.1, 0.15) is 29.9 Å². The SMILES string of the molecule is O.O=C(O)C1CCCN1C(=O)OCC1c2ccccc2-c2ccccc21. The average molecular weight is 355 g/mol. The highest BCUT2D eigenvalue weighted by molar-refractivity contribution is 5.81. The summed E-state index contributed by atoms with van der Waals surface area (Å²) in [6.45, 7) is 0.656. The highest BCUT2D eigenvalue weighted by Gasteiger charge is 2.36. The molecule has 0 aromatic heterocycles. The zero-order valence-corrected chi connectivity index (χ0v) is 14.2. The molecule has 4 rings (SSSR count). The molecule has 2 aromatic carbocycles. The Hall–Kier alpha value is -2.86. The topological polar surface area (TPSA) is 98.3 Å². The van der Waals surface area contributed by atoms with Crippen molar-refractivity contribution in [1.82, 2.24) is 4.90 Å². The molecule has 6 heteroatoms. The van der Waals surface area contributed by atoms with Crippen LogP contribution in [-0.4, -0.2) is 46.7 Å². The fourth-order valence-electron chi connectivity index (χ4n) is 3.92. The zero-order valence-electron chi connectivity index (χ0n) is 14.2. The molecule has 136 valence electrons. The largest absolute Gasteiger partial charge is 0.480 e. The standard InChI is InChI=1S/C20H19NO4.H2O/c22-19(23)18-10-5-11-21(18)20(24)25-12-17-15-8-3-1-6-13(15)14-7-2-4-9-16(14)17;/h1-4,6-9,17-18H,5,10-12H2,(H,22,23);1H2. The summed E-state index contributed by atoms with van der Waals surface area (Å²) in [5.41, 5.74) is 4.63. The predicted octanol–water partition coefficient (Wildman–Crippen LogP) is 2.66. The van der Waals surface area contributed by atoms with E-state index in [0.717, 1.165) is 11.1 Å². The molecular formula is C20H21NO5. The summed E-state index contributed by atoms with van der Waals surface area (Å²) in [6.07, 6.45) is 0.646. The van der Waals surface area contributed by atoms with Gasteiger partial charge in [0, 0.05) is 12.5 Å². The Balaban J connectivity index is 0.00000196. The number of hydrogen-bond donors (Lipinski definition) is 1. The third-order valence-corrected chi connectivity index (χ3v) is 5.11. The van der Waals surface area contributed by atoms with Crippen molar-refractivity contribution in [3.05, 3.63) is 59.7 Å². The second kappa shape index (κ2) is 7.17. The van der Waals surface area contributed by atoms with Gasteiger partial charge < -0.3 is 15.3 Å². The van der Waals surface area contributed by atoms with Crippen LogP contribution in [0.2, 0.25) is 0 Å². The van der Waals surface area contributed by atoms with Gasteiger partial charge in [0.1, 0.15) is 12.6 Å². The predicted molar refractivity (Wildman–Crippen MR) is 96.0 cm³/mol. The minimum Gasteiger partial charge on any atom is -0.480 e. The second-order valence-corrected chi connectivity index (χ2v) is 6.49. The van der Waals surface area contributed by atoms with Crippen LogP contribution in [0.15, 0.2) is 48.5 Å². The van der Waals surface area contributed by atoms with Crippen molar-refractivity contribution in [2.24, 2.45) is 0 Å². The Labute approximate surface area is 151 Å².